The largest absolute Gasteiger partial charge is 0.458 e. The van der Waals surface area contributed by atoms with Crippen molar-refractivity contribution in [2.75, 3.05) is 20.2 Å². The molecule has 0 amide bonds. The van der Waals surface area contributed by atoms with Crippen molar-refractivity contribution in [3.63, 3.8) is 0 Å². The number of pyridine rings is 2. The van der Waals surface area contributed by atoms with Gasteiger partial charge in [0.05, 0.1) is 35.6 Å². The summed E-state index contributed by atoms with van der Waals surface area (Å²) >= 11 is 0. The topological polar surface area (TPSA) is 105 Å². The van der Waals surface area contributed by atoms with Crippen LogP contribution in [0.25, 0.3) is 22.3 Å². The molecule has 2 atom stereocenters. The molecule has 182 valence electrons. The maximum atomic E-state index is 14.9. The number of hydrogen-bond acceptors (Lipinski definition) is 7. The molecule has 6 rings (SSSR count). The second-order valence-corrected chi connectivity index (χ2v) is 9.95. The molecule has 1 aromatic carbocycles. The predicted molar refractivity (Wildman–Crippen MR) is 125 cm³/mol. The summed E-state index contributed by atoms with van der Waals surface area (Å²) in [6.45, 7) is 4.44. The van der Waals surface area contributed by atoms with E-state index in [0.29, 0.717) is 35.4 Å². The van der Waals surface area contributed by atoms with Gasteiger partial charge in [-0.1, -0.05) is 0 Å². The van der Waals surface area contributed by atoms with Crippen LogP contribution in [-0.4, -0.2) is 50.8 Å². The van der Waals surface area contributed by atoms with Crippen molar-refractivity contribution in [3.05, 3.63) is 61.7 Å². The highest BCUT2D eigenvalue weighted by Gasteiger charge is 2.43. The number of likely N-dealkylation sites (N-methyl/N-ethyl adjacent to an activating group) is 1. The lowest BCUT2D eigenvalue weighted by atomic mass is 9.73. The first kappa shape index (κ1) is 22.3. The molecule has 8 nitrogen and oxygen atoms in total. The quantitative estimate of drug-likeness (QED) is 0.434. The monoisotopic (exact) mass is 479 g/mol. The number of carbonyl (C=O) groups excluding carboxylic acids is 1. The standard InChI is InChI=1S/C26H26FN3O5/c1-12-13-4-5-26(2,29(3)6-7-31)21-15-10-30-19(22(15)28-18(20(13)21)9-17(12)27)8-14-16(24(30)33)11-35-25(34)23(14)32/h8-9,23,31-32H,4-7,10-11H2,1-3H3. The molecule has 9 heteroatoms. The smallest absolute Gasteiger partial charge is 0.340 e. The Hall–Kier alpha value is -3.14. The molecule has 0 radical (unpaired) electrons. The van der Waals surface area contributed by atoms with Gasteiger partial charge in [0.15, 0.2) is 6.10 Å². The molecule has 4 heterocycles. The van der Waals surface area contributed by atoms with E-state index in [-0.39, 0.29) is 42.3 Å². The van der Waals surface area contributed by atoms with E-state index in [4.69, 9.17) is 9.72 Å². The van der Waals surface area contributed by atoms with E-state index in [1.165, 1.54) is 6.07 Å². The SMILES string of the molecule is Cc1c(F)cc2nc3c(c4c2c1CCC4(C)N(C)CCO)Cn1c-3cc2c(c1=O)COC(=O)C2O. The maximum absolute atomic E-state index is 14.9. The summed E-state index contributed by atoms with van der Waals surface area (Å²) in [5, 5.41) is 21.0. The van der Waals surface area contributed by atoms with Gasteiger partial charge in [0.25, 0.3) is 5.56 Å². The number of hydrogen-bond donors (Lipinski definition) is 2. The summed E-state index contributed by atoms with van der Waals surface area (Å²) in [5.74, 6) is -1.11. The minimum absolute atomic E-state index is 0.00384. The second kappa shape index (κ2) is 7.43. The number of aryl methyl sites for hydroxylation is 1. The van der Waals surface area contributed by atoms with Crippen molar-refractivity contribution in [1.29, 1.82) is 0 Å². The Morgan fingerprint density at radius 2 is 2.06 bits per heavy atom. The Bertz CT molecular complexity index is 1510. The lowest BCUT2D eigenvalue weighted by Crippen LogP contribution is -2.45. The van der Waals surface area contributed by atoms with E-state index in [1.807, 2.05) is 7.05 Å². The maximum Gasteiger partial charge on any atom is 0.340 e. The Balaban J connectivity index is 1.70. The summed E-state index contributed by atoms with van der Waals surface area (Å²) < 4.78 is 21.5. The van der Waals surface area contributed by atoms with Crippen molar-refractivity contribution in [2.45, 2.75) is 51.5 Å². The fourth-order valence-electron chi connectivity index (χ4n) is 6.11. The van der Waals surface area contributed by atoms with Gasteiger partial charge in [-0.05, 0) is 56.5 Å². The van der Waals surface area contributed by atoms with Crippen molar-refractivity contribution < 1.29 is 24.1 Å². The molecule has 2 N–H and O–H groups in total. The zero-order valence-electron chi connectivity index (χ0n) is 19.8. The number of benzene rings is 1. The van der Waals surface area contributed by atoms with Gasteiger partial charge in [-0.3, -0.25) is 9.69 Å². The first-order chi connectivity index (χ1) is 16.7. The van der Waals surface area contributed by atoms with Crippen molar-refractivity contribution in [2.24, 2.45) is 0 Å². The minimum atomic E-state index is -1.53. The number of nitrogens with zero attached hydrogens (tertiary/aromatic N) is 3. The van der Waals surface area contributed by atoms with Crippen molar-refractivity contribution in [1.82, 2.24) is 14.5 Å². The molecule has 1 aliphatic carbocycles. The van der Waals surface area contributed by atoms with Gasteiger partial charge >= 0.3 is 5.97 Å². The molecule has 35 heavy (non-hydrogen) atoms. The fourth-order valence-corrected chi connectivity index (χ4v) is 6.11. The number of esters is 1. The van der Waals surface area contributed by atoms with Crippen LogP contribution < -0.4 is 5.56 Å². The van der Waals surface area contributed by atoms with Gasteiger partial charge in [-0.15, -0.1) is 0 Å². The van der Waals surface area contributed by atoms with Crippen LogP contribution in [0.3, 0.4) is 0 Å². The number of halogens is 1. The normalized spacial score (nSPS) is 22.3. The number of cyclic esters (lactones) is 1. The molecule has 3 aromatic rings. The Morgan fingerprint density at radius 1 is 1.29 bits per heavy atom. The zero-order chi connectivity index (χ0) is 24.8. The van der Waals surface area contributed by atoms with Crippen molar-refractivity contribution >= 4 is 16.9 Å². The highest BCUT2D eigenvalue weighted by Crippen LogP contribution is 2.49. The van der Waals surface area contributed by atoms with Gasteiger partial charge in [0.2, 0.25) is 0 Å². The summed E-state index contributed by atoms with van der Waals surface area (Å²) in [4.78, 5) is 32.3. The lowest BCUT2D eigenvalue weighted by molar-refractivity contribution is -0.157. The molecule has 0 saturated heterocycles. The average molecular weight is 480 g/mol. The average Bonchev–Trinajstić information content (AvgIpc) is 3.19. The summed E-state index contributed by atoms with van der Waals surface area (Å²) in [6, 6.07) is 3.09. The molecule has 0 fully saturated rings. The molecule has 2 aromatic heterocycles. The number of ether oxygens (including phenoxy) is 1. The van der Waals surface area contributed by atoms with Crippen LogP contribution in [0.15, 0.2) is 16.9 Å². The molecule has 0 saturated carbocycles. The van der Waals surface area contributed by atoms with E-state index < -0.39 is 17.6 Å². The first-order valence-corrected chi connectivity index (χ1v) is 11.8. The summed E-state index contributed by atoms with van der Waals surface area (Å²) in [6.07, 6.45) is -0.144. The van der Waals surface area contributed by atoms with E-state index in [0.717, 1.165) is 28.5 Å². The molecule has 2 aliphatic heterocycles. The van der Waals surface area contributed by atoms with E-state index >= 15 is 0 Å². The first-order valence-electron chi connectivity index (χ1n) is 11.8. The summed E-state index contributed by atoms with van der Waals surface area (Å²) in [7, 11) is 1.96. The van der Waals surface area contributed by atoms with Crippen LogP contribution in [0.2, 0.25) is 0 Å². The highest BCUT2D eigenvalue weighted by molar-refractivity contribution is 5.93. The number of aliphatic hydroxyl groups is 2. The third-order valence-corrected chi connectivity index (χ3v) is 8.25. The predicted octanol–water partition coefficient (Wildman–Crippen LogP) is 2.05. The van der Waals surface area contributed by atoms with Crippen molar-refractivity contribution in [3.8, 4) is 11.4 Å². The minimum Gasteiger partial charge on any atom is -0.458 e. The highest BCUT2D eigenvalue weighted by atomic mass is 19.1. The van der Waals surface area contributed by atoms with Crippen LogP contribution in [0.1, 0.15) is 52.8 Å². The lowest BCUT2D eigenvalue weighted by Gasteiger charge is -2.44. The number of carbonyl (C=O) groups is 1. The Morgan fingerprint density at radius 3 is 2.80 bits per heavy atom. The number of aromatic nitrogens is 2. The Kier molecular flexibility index (Phi) is 4.74. The molecule has 0 spiro atoms. The van der Waals surface area contributed by atoms with E-state index in [2.05, 4.69) is 11.8 Å². The van der Waals surface area contributed by atoms with E-state index in [1.54, 1.807) is 17.6 Å². The fraction of sp³-hybridized carbons (Fsp3) is 0.423. The van der Waals surface area contributed by atoms with Gasteiger partial charge in [-0.2, -0.15) is 0 Å². The molecular weight excluding hydrogens is 453 g/mol. The van der Waals surface area contributed by atoms with Gasteiger partial charge < -0.3 is 19.5 Å². The third-order valence-electron chi connectivity index (χ3n) is 8.25. The van der Waals surface area contributed by atoms with Crippen LogP contribution in [-0.2, 0) is 34.6 Å². The van der Waals surface area contributed by atoms with Gasteiger partial charge in [-0.25, -0.2) is 14.2 Å². The van der Waals surface area contributed by atoms with Crippen LogP contribution in [0.5, 0.6) is 0 Å². The zero-order valence-corrected chi connectivity index (χ0v) is 19.8. The molecule has 2 unspecified atom stereocenters. The molecular formula is C26H26FN3O5. The Labute approximate surface area is 200 Å². The number of fused-ring (bicyclic) bond motifs is 5. The van der Waals surface area contributed by atoms with Gasteiger partial charge in [0.1, 0.15) is 12.4 Å². The molecule has 0 bridgehead atoms. The third kappa shape index (κ3) is 2.86. The molecule has 3 aliphatic rings. The number of aliphatic hydroxyl groups excluding tert-OH is 2. The van der Waals surface area contributed by atoms with Gasteiger partial charge in [0, 0.05) is 34.7 Å². The van der Waals surface area contributed by atoms with E-state index in [9.17, 15) is 24.2 Å². The van der Waals surface area contributed by atoms with Crippen LogP contribution in [0, 0.1) is 12.7 Å². The van der Waals surface area contributed by atoms with Crippen LogP contribution in [0.4, 0.5) is 4.39 Å². The number of rotatable bonds is 3. The van der Waals surface area contributed by atoms with Crippen LogP contribution >= 0.6 is 0 Å². The second-order valence-electron chi connectivity index (χ2n) is 9.95. The summed E-state index contributed by atoms with van der Waals surface area (Å²) in [5.41, 5.74) is 4.65.